The van der Waals surface area contributed by atoms with Gasteiger partial charge in [0, 0.05) is 20.3 Å². The lowest BCUT2D eigenvalue weighted by molar-refractivity contribution is -0.0433. The van der Waals surface area contributed by atoms with Gasteiger partial charge >= 0.3 is 0 Å². The number of Topliss-reactive ketones (excluding diaryl/α,β-unsaturated/α-hetero) is 1. The van der Waals surface area contributed by atoms with Crippen LogP contribution < -0.4 is 9.47 Å². The maximum atomic E-state index is 13.1. The summed E-state index contributed by atoms with van der Waals surface area (Å²) in [4.78, 5) is 13.1. The van der Waals surface area contributed by atoms with Gasteiger partial charge in [0.2, 0.25) is 5.79 Å². The number of fused-ring (bicyclic) bond motifs is 2. The lowest BCUT2D eigenvalue weighted by Gasteiger charge is -2.16. The highest BCUT2D eigenvalue weighted by Crippen LogP contribution is 2.43. The van der Waals surface area contributed by atoms with Crippen molar-refractivity contribution < 1.29 is 14.3 Å². The zero-order valence-electron chi connectivity index (χ0n) is 16.1. The Hall–Kier alpha value is -3.07. The number of ketones is 1. The van der Waals surface area contributed by atoms with Gasteiger partial charge in [-0.15, -0.1) is 0 Å². The van der Waals surface area contributed by atoms with Crippen LogP contribution in [0.5, 0.6) is 11.5 Å². The molecule has 0 N–H and O–H groups in total. The molecule has 0 fully saturated rings. The molecule has 2 aromatic rings. The number of rotatable bonds is 4. The minimum absolute atomic E-state index is 0.0633. The molecule has 3 nitrogen and oxygen atoms in total. The molecule has 0 aromatic heterocycles. The van der Waals surface area contributed by atoms with Crippen LogP contribution in [0, 0.1) is 0 Å². The molecule has 1 heterocycles. The predicted molar refractivity (Wildman–Crippen MR) is 110 cm³/mol. The fourth-order valence-corrected chi connectivity index (χ4v) is 4.24. The van der Waals surface area contributed by atoms with Crippen LogP contribution in [0.2, 0.25) is 0 Å². The van der Waals surface area contributed by atoms with Crippen LogP contribution in [0.15, 0.2) is 71.3 Å². The molecule has 0 atom stereocenters. The number of para-hydroxylation sites is 1. The van der Waals surface area contributed by atoms with Crippen molar-refractivity contribution in [3.8, 4) is 11.5 Å². The molecule has 0 amide bonds. The standard InChI is InChI=1S/C25H22O3/c1-25(2)27-23-12-6-11-21(24(23)28-25)22(26)15-18-9-5-10-20(18)19-13-16-7-3-4-8-17(16)14-19/h3-4,6-13H,5,14-15H2,1-2H3. The summed E-state index contributed by atoms with van der Waals surface area (Å²) in [6.07, 6.45) is 8.84. The molecule has 0 spiro atoms. The summed E-state index contributed by atoms with van der Waals surface area (Å²) < 4.78 is 11.7. The van der Waals surface area contributed by atoms with Crippen molar-refractivity contribution >= 4 is 11.9 Å². The van der Waals surface area contributed by atoms with Crippen molar-refractivity contribution in [3.63, 3.8) is 0 Å². The third-order valence-electron chi connectivity index (χ3n) is 5.48. The molecule has 2 aliphatic carbocycles. The minimum atomic E-state index is -0.739. The van der Waals surface area contributed by atoms with Gasteiger partial charge in [0.05, 0.1) is 5.56 Å². The average Bonchev–Trinajstić information content (AvgIpc) is 3.35. The summed E-state index contributed by atoms with van der Waals surface area (Å²) in [5.74, 6) is 0.528. The van der Waals surface area contributed by atoms with E-state index in [1.54, 1.807) is 0 Å². The van der Waals surface area contributed by atoms with E-state index < -0.39 is 5.79 Å². The third-order valence-corrected chi connectivity index (χ3v) is 5.48. The van der Waals surface area contributed by atoms with Crippen LogP contribution in [0.25, 0.3) is 6.08 Å². The Kier molecular flexibility index (Phi) is 3.80. The molecule has 5 rings (SSSR count). The van der Waals surface area contributed by atoms with E-state index in [0.29, 0.717) is 23.5 Å². The summed E-state index contributed by atoms with van der Waals surface area (Å²) in [5, 5.41) is 0. The first-order valence-electron chi connectivity index (χ1n) is 9.73. The van der Waals surface area contributed by atoms with E-state index in [1.165, 1.54) is 22.3 Å². The lowest BCUT2D eigenvalue weighted by Crippen LogP contribution is -2.30. The fourth-order valence-electron chi connectivity index (χ4n) is 4.24. The second-order valence-corrected chi connectivity index (χ2v) is 7.96. The topological polar surface area (TPSA) is 35.5 Å². The van der Waals surface area contributed by atoms with Gasteiger partial charge in [-0.05, 0) is 52.8 Å². The Morgan fingerprint density at radius 2 is 1.89 bits per heavy atom. The number of allylic oxidation sites excluding steroid dienone is 5. The van der Waals surface area contributed by atoms with Gasteiger partial charge in [-0.3, -0.25) is 4.79 Å². The summed E-state index contributed by atoms with van der Waals surface area (Å²) in [5.41, 5.74) is 6.86. The molecule has 140 valence electrons. The van der Waals surface area contributed by atoms with Crippen LogP contribution >= 0.6 is 0 Å². The molecular formula is C25H22O3. The van der Waals surface area contributed by atoms with E-state index in [2.05, 4.69) is 42.5 Å². The van der Waals surface area contributed by atoms with Gasteiger partial charge in [0.25, 0.3) is 0 Å². The first-order chi connectivity index (χ1) is 13.5. The van der Waals surface area contributed by atoms with Gasteiger partial charge in [0.15, 0.2) is 17.3 Å². The Balaban J connectivity index is 1.38. The average molecular weight is 370 g/mol. The van der Waals surface area contributed by atoms with Gasteiger partial charge in [-0.1, -0.05) is 48.6 Å². The number of benzene rings is 2. The molecule has 28 heavy (non-hydrogen) atoms. The Morgan fingerprint density at radius 3 is 2.75 bits per heavy atom. The van der Waals surface area contributed by atoms with Crippen molar-refractivity contribution in [1.82, 2.24) is 0 Å². The van der Waals surface area contributed by atoms with E-state index >= 15 is 0 Å². The molecule has 3 heteroatoms. The number of ether oxygens (including phenoxy) is 2. The largest absolute Gasteiger partial charge is 0.449 e. The third kappa shape index (κ3) is 2.88. The Bertz CT molecular complexity index is 1080. The van der Waals surface area contributed by atoms with Crippen molar-refractivity contribution in [2.45, 2.75) is 38.9 Å². The zero-order valence-corrected chi connectivity index (χ0v) is 16.1. The molecule has 0 saturated carbocycles. The zero-order chi connectivity index (χ0) is 19.3. The van der Waals surface area contributed by atoms with E-state index in [9.17, 15) is 4.79 Å². The highest BCUT2D eigenvalue weighted by Gasteiger charge is 2.35. The number of carbonyl (C=O) groups excluding carboxylic acids is 1. The first kappa shape index (κ1) is 17.1. The monoisotopic (exact) mass is 370 g/mol. The fraction of sp³-hybridized carbons (Fsp3) is 0.240. The summed E-state index contributed by atoms with van der Waals surface area (Å²) in [7, 11) is 0. The maximum absolute atomic E-state index is 13.1. The smallest absolute Gasteiger partial charge is 0.246 e. The number of hydrogen-bond donors (Lipinski definition) is 0. The highest BCUT2D eigenvalue weighted by molar-refractivity contribution is 6.01. The minimum Gasteiger partial charge on any atom is -0.449 e. The van der Waals surface area contributed by atoms with E-state index in [1.807, 2.05) is 32.0 Å². The number of hydrogen-bond acceptors (Lipinski definition) is 3. The molecule has 0 radical (unpaired) electrons. The van der Waals surface area contributed by atoms with Gasteiger partial charge in [-0.2, -0.15) is 0 Å². The van der Waals surface area contributed by atoms with Crippen molar-refractivity contribution in [2.75, 3.05) is 0 Å². The maximum Gasteiger partial charge on any atom is 0.246 e. The van der Waals surface area contributed by atoms with Crippen molar-refractivity contribution in [2.24, 2.45) is 0 Å². The Labute approximate surface area is 165 Å². The molecule has 0 unspecified atom stereocenters. The molecule has 0 bridgehead atoms. The quantitative estimate of drug-likeness (QED) is 0.651. The molecule has 2 aromatic carbocycles. The van der Waals surface area contributed by atoms with Crippen LogP contribution in [-0.2, 0) is 6.42 Å². The van der Waals surface area contributed by atoms with Gasteiger partial charge < -0.3 is 9.47 Å². The number of carbonyl (C=O) groups is 1. The van der Waals surface area contributed by atoms with Crippen LogP contribution in [-0.4, -0.2) is 11.6 Å². The van der Waals surface area contributed by atoms with Crippen LogP contribution in [0.3, 0.4) is 0 Å². The molecular weight excluding hydrogens is 348 g/mol. The van der Waals surface area contributed by atoms with Crippen LogP contribution in [0.4, 0.5) is 0 Å². The summed E-state index contributed by atoms with van der Waals surface area (Å²) >= 11 is 0. The van der Waals surface area contributed by atoms with Crippen LogP contribution in [0.1, 0.15) is 48.2 Å². The highest BCUT2D eigenvalue weighted by atomic mass is 16.7. The van der Waals surface area contributed by atoms with E-state index in [0.717, 1.165) is 18.4 Å². The summed E-state index contributed by atoms with van der Waals surface area (Å²) in [6, 6.07) is 14.0. The normalized spacial score (nSPS) is 18.4. The van der Waals surface area contributed by atoms with E-state index in [-0.39, 0.29) is 5.78 Å². The molecule has 1 aliphatic heterocycles. The first-order valence-corrected chi connectivity index (χ1v) is 9.73. The van der Waals surface area contributed by atoms with E-state index in [4.69, 9.17) is 9.47 Å². The van der Waals surface area contributed by atoms with Crippen molar-refractivity contribution in [3.05, 3.63) is 88.0 Å². The molecule has 0 saturated heterocycles. The lowest BCUT2D eigenvalue weighted by atomic mass is 9.93. The second kappa shape index (κ2) is 6.23. The molecule has 3 aliphatic rings. The summed E-state index contributed by atoms with van der Waals surface area (Å²) in [6.45, 7) is 3.71. The SMILES string of the molecule is CC1(C)Oc2cccc(C(=O)CC3=CCC=C3C3=Cc4ccccc4C3)c2O1. The second-order valence-electron chi connectivity index (χ2n) is 7.96. The Morgan fingerprint density at radius 1 is 1.04 bits per heavy atom. The van der Waals surface area contributed by atoms with Gasteiger partial charge in [0.1, 0.15) is 0 Å². The predicted octanol–water partition coefficient (Wildman–Crippen LogP) is 5.66. The van der Waals surface area contributed by atoms with Crippen molar-refractivity contribution in [1.29, 1.82) is 0 Å². The van der Waals surface area contributed by atoms with Gasteiger partial charge in [-0.25, -0.2) is 0 Å².